The van der Waals surface area contributed by atoms with Crippen molar-refractivity contribution >= 4 is 54.7 Å². The molecule has 0 amide bonds. The van der Waals surface area contributed by atoms with Gasteiger partial charge in [-0.25, -0.2) is 9.97 Å². The molecule has 236 valence electrons. The van der Waals surface area contributed by atoms with Gasteiger partial charge in [-0.15, -0.1) is 0 Å². The molecule has 0 aliphatic carbocycles. The Morgan fingerprint density at radius 3 is 1.82 bits per heavy atom. The first kappa shape index (κ1) is 29.4. The number of aromatic nitrogens is 4. The Bertz CT molecular complexity index is 2830. The third-order valence-corrected chi connectivity index (χ3v) is 9.49. The van der Waals surface area contributed by atoms with Crippen LogP contribution in [-0.4, -0.2) is 18.9 Å². The lowest BCUT2D eigenvalue weighted by molar-refractivity contribution is 1.14. The van der Waals surface area contributed by atoms with E-state index in [4.69, 9.17) is 9.97 Å². The van der Waals surface area contributed by atoms with Crippen LogP contribution >= 0.6 is 0 Å². The molecule has 0 unspecified atom stereocenters. The summed E-state index contributed by atoms with van der Waals surface area (Å²) in [6, 6.07) is 53.6. The van der Waals surface area contributed by atoms with Gasteiger partial charge in [0.1, 0.15) is 0 Å². The Morgan fingerprint density at radius 1 is 0.520 bits per heavy atom. The number of hydrogen-bond donors (Lipinski definition) is 0. The zero-order chi connectivity index (χ0) is 33.6. The van der Waals surface area contributed by atoms with Gasteiger partial charge in [-0.1, -0.05) is 128 Å². The number of hydrogen-bond acceptors (Lipinski definition) is 2. The van der Waals surface area contributed by atoms with Gasteiger partial charge in [0.05, 0.1) is 39.0 Å². The van der Waals surface area contributed by atoms with E-state index in [1.807, 2.05) is 36.4 Å². The summed E-state index contributed by atoms with van der Waals surface area (Å²) >= 11 is 0. The van der Waals surface area contributed by atoms with E-state index >= 15 is 0 Å². The minimum atomic E-state index is 0.647. The van der Waals surface area contributed by atoms with Crippen LogP contribution < -0.4 is 0 Å². The van der Waals surface area contributed by atoms with Crippen molar-refractivity contribution < 1.29 is 0 Å². The molecular formula is C46H32N4. The Balaban J connectivity index is 1.32. The van der Waals surface area contributed by atoms with E-state index in [-0.39, 0.29) is 0 Å². The summed E-state index contributed by atoms with van der Waals surface area (Å²) < 4.78 is 4.81. The van der Waals surface area contributed by atoms with E-state index in [1.54, 1.807) is 6.08 Å². The molecule has 0 aliphatic heterocycles. The topological polar surface area (TPSA) is 35.1 Å². The first-order valence-electron chi connectivity index (χ1n) is 16.7. The summed E-state index contributed by atoms with van der Waals surface area (Å²) in [5.41, 5.74) is 11.3. The Kier molecular flexibility index (Phi) is 7.07. The molecule has 9 aromatic rings. The van der Waals surface area contributed by atoms with Crippen LogP contribution in [0.5, 0.6) is 0 Å². The lowest BCUT2D eigenvalue weighted by Gasteiger charge is -2.17. The van der Waals surface area contributed by atoms with Gasteiger partial charge in [-0.2, -0.15) is 0 Å². The van der Waals surface area contributed by atoms with Gasteiger partial charge in [0.15, 0.2) is 5.82 Å². The van der Waals surface area contributed by atoms with Crippen molar-refractivity contribution in [3.05, 3.63) is 189 Å². The second kappa shape index (κ2) is 12.0. The molecular weight excluding hydrogens is 609 g/mol. The molecule has 6 aromatic carbocycles. The average Bonchev–Trinajstić information content (AvgIpc) is 3.52. The van der Waals surface area contributed by atoms with Crippen molar-refractivity contribution in [1.29, 1.82) is 0 Å². The molecule has 3 heterocycles. The molecule has 0 bridgehead atoms. The fraction of sp³-hybridized carbons (Fsp3) is 0. The monoisotopic (exact) mass is 640 g/mol. The third-order valence-electron chi connectivity index (χ3n) is 9.49. The van der Waals surface area contributed by atoms with Crippen LogP contribution in [0, 0.1) is 0 Å². The van der Waals surface area contributed by atoms with E-state index in [0.717, 1.165) is 50.3 Å². The predicted octanol–water partition coefficient (Wildman–Crippen LogP) is 11.8. The number of allylic oxidation sites excluding steroid dienone is 4. The first-order valence-corrected chi connectivity index (χ1v) is 16.7. The van der Waals surface area contributed by atoms with Crippen molar-refractivity contribution in [3.8, 4) is 28.3 Å². The molecule has 0 saturated heterocycles. The number of benzene rings is 6. The van der Waals surface area contributed by atoms with E-state index < -0.39 is 0 Å². The number of nitrogens with zero attached hydrogens (tertiary/aromatic N) is 4. The second-order valence-electron chi connectivity index (χ2n) is 12.3. The average molecular weight is 641 g/mol. The Labute approximate surface area is 289 Å². The fourth-order valence-electron chi connectivity index (χ4n) is 7.26. The normalized spacial score (nSPS) is 11.9. The largest absolute Gasteiger partial charge is 0.308 e. The van der Waals surface area contributed by atoms with Gasteiger partial charge >= 0.3 is 0 Å². The highest BCUT2D eigenvalue weighted by molar-refractivity contribution is 6.20. The maximum atomic E-state index is 5.05. The van der Waals surface area contributed by atoms with Crippen LogP contribution in [0.25, 0.3) is 83.0 Å². The van der Waals surface area contributed by atoms with Crippen LogP contribution in [0.4, 0.5) is 0 Å². The second-order valence-corrected chi connectivity index (χ2v) is 12.3. The van der Waals surface area contributed by atoms with Crippen molar-refractivity contribution in [1.82, 2.24) is 18.9 Å². The van der Waals surface area contributed by atoms with Crippen molar-refractivity contribution in [2.45, 2.75) is 0 Å². The van der Waals surface area contributed by atoms with Crippen LogP contribution in [0.15, 0.2) is 183 Å². The van der Waals surface area contributed by atoms with E-state index in [0.29, 0.717) is 5.82 Å². The molecule has 50 heavy (non-hydrogen) atoms. The number of fused-ring (bicyclic) bond motifs is 7. The smallest absolute Gasteiger partial charge is 0.160 e. The summed E-state index contributed by atoms with van der Waals surface area (Å²) in [6.07, 6.45) is 5.49. The van der Waals surface area contributed by atoms with Gasteiger partial charge < -0.3 is 8.97 Å². The molecule has 4 nitrogen and oxygen atoms in total. The Hall–Kier alpha value is -6.78. The van der Waals surface area contributed by atoms with E-state index in [1.165, 1.54) is 32.6 Å². The SMILES string of the molecule is C=C/C=C(\C=C)c1cc(-c2ccccc2)nc(-c2ccc(-n3c4ccccc4c4cccc5c6ccccc6n(c6ccccc63)c45)cc2)n1. The quantitative estimate of drug-likeness (QED) is 0.170. The first-order chi connectivity index (χ1) is 24.7. The molecule has 9 rings (SSSR count). The van der Waals surface area contributed by atoms with Gasteiger partial charge in [0.2, 0.25) is 0 Å². The standard InChI is InChI=1S/C46H32N4/c1-3-15-31(4-2)39-30-40(32-16-6-5-7-17-32)48-46(47-39)33-26-28-34(29-27-33)49-41-22-10-8-18-35(41)37-20-14-21-38-36-19-9-11-23-42(36)50(45(37)38)44-25-13-12-24-43(44)49/h3-30H,1-2H2/b31-15+. The van der Waals surface area contributed by atoms with E-state index in [2.05, 4.69) is 150 Å². The van der Waals surface area contributed by atoms with Gasteiger partial charge in [0, 0.05) is 38.4 Å². The molecule has 0 saturated carbocycles. The predicted molar refractivity (Wildman–Crippen MR) is 210 cm³/mol. The van der Waals surface area contributed by atoms with Gasteiger partial charge in [-0.05, 0) is 60.2 Å². The summed E-state index contributed by atoms with van der Waals surface area (Å²) in [7, 11) is 0. The van der Waals surface area contributed by atoms with Crippen LogP contribution in [0.3, 0.4) is 0 Å². The summed E-state index contributed by atoms with van der Waals surface area (Å²) in [6.45, 7) is 7.93. The molecule has 0 N–H and O–H groups in total. The van der Waals surface area contributed by atoms with Crippen molar-refractivity contribution in [3.63, 3.8) is 0 Å². The highest BCUT2D eigenvalue weighted by atomic mass is 15.0. The zero-order valence-electron chi connectivity index (χ0n) is 27.4. The molecule has 0 radical (unpaired) electrons. The van der Waals surface area contributed by atoms with Crippen LogP contribution in [0.1, 0.15) is 5.69 Å². The summed E-state index contributed by atoms with van der Waals surface area (Å²) in [5.74, 6) is 0.647. The van der Waals surface area contributed by atoms with E-state index in [9.17, 15) is 0 Å². The number of para-hydroxylation sites is 5. The summed E-state index contributed by atoms with van der Waals surface area (Å²) in [5, 5.41) is 4.87. The molecule has 3 aromatic heterocycles. The Morgan fingerprint density at radius 2 is 1.12 bits per heavy atom. The van der Waals surface area contributed by atoms with Crippen molar-refractivity contribution in [2.75, 3.05) is 0 Å². The zero-order valence-corrected chi connectivity index (χ0v) is 27.4. The third kappa shape index (κ3) is 4.69. The number of rotatable bonds is 6. The lowest BCUT2D eigenvalue weighted by atomic mass is 10.1. The van der Waals surface area contributed by atoms with Crippen LogP contribution in [-0.2, 0) is 0 Å². The fourth-order valence-corrected chi connectivity index (χ4v) is 7.26. The maximum Gasteiger partial charge on any atom is 0.160 e. The highest BCUT2D eigenvalue weighted by Gasteiger charge is 2.17. The van der Waals surface area contributed by atoms with Crippen LogP contribution in [0.2, 0.25) is 0 Å². The molecule has 0 atom stereocenters. The summed E-state index contributed by atoms with van der Waals surface area (Å²) in [4.78, 5) is 10.1. The molecule has 0 fully saturated rings. The molecule has 4 heteroatoms. The minimum Gasteiger partial charge on any atom is -0.308 e. The highest BCUT2D eigenvalue weighted by Crippen LogP contribution is 2.37. The maximum absolute atomic E-state index is 5.05. The molecule has 0 spiro atoms. The molecule has 0 aliphatic rings. The minimum absolute atomic E-state index is 0.647. The lowest BCUT2D eigenvalue weighted by Crippen LogP contribution is -2.02. The van der Waals surface area contributed by atoms with Crippen molar-refractivity contribution in [2.24, 2.45) is 0 Å². The van der Waals surface area contributed by atoms with Gasteiger partial charge in [-0.3, -0.25) is 0 Å². The van der Waals surface area contributed by atoms with Gasteiger partial charge in [0.25, 0.3) is 0 Å².